The maximum atomic E-state index is 16.6. The van der Waals surface area contributed by atoms with Crippen molar-refractivity contribution in [1.29, 1.82) is 5.26 Å². The number of rotatable bonds is 8. The van der Waals surface area contributed by atoms with Crippen LogP contribution in [0, 0.1) is 23.1 Å². The molecule has 6 rings (SSSR count). The van der Waals surface area contributed by atoms with Gasteiger partial charge in [-0.2, -0.15) is 15.2 Å². The fourth-order valence-electron chi connectivity index (χ4n) is 6.49. The lowest BCUT2D eigenvalue weighted by molar-refractivity contribution is -0.131. The van der Waals surface area contributed by atoms with Crippen LogP contribution >= 0.6 is 11.6 Å². The number of nitrogens with zero attached hydrogens (tertiary/aromatic N) is 8. The highest BCUT2D eigenvalue weighted by molar-refractivity contribution is 6.36. The molecule has 0 unspecified atom stereocenters. The van der Waals surface area contributed by atoms with Crippen molar-refractivity contribution in [1.82, 2.24) is 29.7 Å². The average molecular weight is 647 g/mol. The molecule has 1 amide bonds. The minimum absolute atomic E-state index is 0.00606. The summed E-state index contributed by atoms with van der Waals surface area (Å²) in [6.45, 7) is 7.08. The van der Waals surface area contributed by atoms with Crippen LogP contribution in [0.5, 0.6) is 6.01 Å². The van der Waals surface area contributed by atoms with Crippen LogP contribution < -0.4 is 9.64 Å². The number of hydrogen-bond acceptors (Lipinski definition) is 9. The van der Waals surface area contributed by atoms with Crippen molar-refractivity contribution in [3.05, 3.63) is 60.0 Å². The van der Waals surface area contributed by atoms with Gasteiger partial charge in [-0.15, -0.1) is 0 Å². The van der Waals surface area contributed by atoms with Crippen LogP contribution in [-0.4, -0.2) is 87.6 Å². The molecule has 46 heavy (non-hydrogen) atoms. The molecule has 2 aliphatic rings. The van der Waals surface area contributed by atoms with Crippen molar-refractivity contribution < 1.29 is 18.3 Å². The third-order valence-electron chi connectivity index (χ3n) is 8.99. The highest BCUT2D eigenvalue weighted by atomic mass is 35.5. The van der Waals surface area contributed by atoms with E-state index in [4.69, 9.17) is 21.3 Å². The molecule has 238 valence electrons. The Kier molecular flexibility index (Phi) is 8.97. The molecule has 2 aliphatic heterocycles. The van der Waals surface area contributed by atoms with Crippen molar-refractivity contribution in [3.63, 3.8) is 0 Å². The second kappa shape index (κ2) is 13.1. The Morgan fingerprint density at radius 1 is 1.20 bits per heavy atom. The van der Waals surface area contributed by atoms with Gasteiger partial charge in [-0.3, -0.25) is 19.7 Å². The zero-order valence-electron chi connectivity index (χ0n) is 25.6. The summed E-state index contributed by atoms with van der Waals surface area (Å²) in [6, 6.07) is 6.93. The van der Waals surface area contributed by atoms with Gasteiger partial charge in [0.25, 0.3) is 5.91 Å². The van der Waals surface area contributed by atoms with E-state index in [1.165, 1.54) is 17.3 Å². The minimum atomic E-state index is -1.09. The van der Waals surface area contributed by atoms with Crippen molar-refractivity contribution in [2.24, 2.45) is 5.92 Å². The summed E-state index contributed by atoms with van der Waals surface area (Å²) in [5.41, 5.74) is 0.429. The first-order chi connectivity index (χ1) is 22.2. The molecular formula is C33H33ClF2N8O2. The summed E-state index contributed by atoms with van der Waals surface area (Å²) in [6.07, 6.45) is 6.67. The summed E-state index contributed by atoms with van der Waals surface area (Å²) in [4.78, 5) is 35.9. The highest BCUT2D eigenvalue weighted by Gasteiger charge is 2.34. The Hall–Kier alpha value is -4.47. The van der Waals surface area contributed by atoms with Crippen LogP contribution in [0.25, 0.3) is 32.9 Å². The molecule has 2 fully saturated rings. The van der Waals surface area contributed by atoms with Gasteiger partial charge in [-0.05, 0) is 25.5 Å². The fourth-order valence-corrected chi connectivity index (χ4v) is 6.78. The molecule has 13 heteroatoms. The van der Waals surface area contributed by atoms with Crippen molar-refractivity contribution >= 4 is 45.0 Å². The molecule has 0 radical (unpaired) electrons. The Bertz CT molecular complexity index is 1860. The van der Waals surface area contributed by atoms with Crippen molar-refractivity contribution in [3.8, 4) is 23.3 Å². The first kappa shape index (κ1) is 31.5. The van der Waals surface area contributed by atoms with Gasteiger partial charge in [0.1, 0.15) is 23.6 Å². The van der Waals surface area contributed by atoms with Crippen LogP contribution in [0.15, 0.2) is 49.2 Å². The second-order valence-corrected chi connectivity index (χ2v) is 12.2. The molecule has 0 spiro atoms. The maximum absolute atomic E-state index is 16.6. The molecule has 0 N–H and O–H groups in total. The SMILES string of the molecule is C=C(F)C(=O)N1CCN(c2nc(OC[C@@H]3C[C@@H](CC)CN3C)nc3c(F)c(-c4cncc5cccc(Cl)c45)ncc23)C[C@@H]1CC#N. The van der Waals surface area contributed by atoms with Crippen LogP contribution in [-0.2, 0) is 4.79 Å². The van der Waals surface area contributed by atoms with E-state index in [2.05, 4.69) is 46.5 Å². The Morgan fingerprint density at radius 2 is 2.02 bits per heavy atom. The monoisotopic (exact) mass is 646 g/mol. The number of ether oxygens (including phenoxy) is 1. The number of fused-ring (bicyclic) bond motifs is 2. The predicted molar refractivity (Wildman–Crippen MR) is 172 cm³/mol. The highest BCUT2D eigenvalue weighted by Crippen LogP contribution is 2.37. The fraction of sp³-hybridized carbons (Fsp3) is 0.394. The zero-order chi connectivity index (χ0) is 32.5. The van der Waals surface area contributed by atoms with Gasteiger partial charge in [0, 0.05) is 72.2 Å². The lowest BCUT2D eigenvalue weighted by Crippen LogP contribution is -2.55. The van der Waals surface area contributed by atoms with E-state index < -0.39 is 23.6 Å². The average Bonchev–Trinajstić information content (AvgIpc) is 3.42. The normalized spacial score (nSPS) is 20.3. The number of carbonyl (C=O) groups excluding carboxylic acids is 1. The molecule has 5 heterocycles. The number of hydrogen-bond donors (Lipinski definition) is 0. The lowest BCUT2D eigenvalue weighted by Gasteiger charge is -2.41. The first-order valence-corrected chi connectivity index (χ1v) is 15.6. The van der Waals surface area contributed by atoms with Gasteiger partial charge in [-0.1, -0.05) is 43.7 Å². The molecular weight excluding hydrogens is 614 g/mol. The Labute approximate surface area is 270 Å². The molecule has 3 aromatic heterocycles. The Balaban J connectivity index is 1.44. The molecule has 0 aliphatic carbocycles. The quantitative estimate of drug-likeness (QED) is 0.227. The molecule has 10 nitrogen and oxygen atoms in total. The number of piperazine rings is 1. The van der Waals surface area contributed by atoms with E-state index in [1.807, 2.05) is 11.0 Å². The topological polar surface area (TPSA) is 111 Å². The van der Waals surface area contributed by atoms with E-state index in [9.17, 15) is 14.4 Å². The zero-order valence-corrected chi connectivity index (χ0v) is 26.3. The van der Waals surface area contributed by atoms with Gasteiger partial charge in [0.15, 0.2) is 11.6 Å². The van der Waals surface area contributed by atoms with Crippen LogP contribution in [0.2, 0.25) is 5.02 Å². The summed E-state index contributed by atoms with van der Waals surface area (Å²) >= 11 is 6.55. The molecule has 1 aromatic carbocycles. The number of anilines is 1. The third-order valence-corrected chi connectivity index (χ3v) is 9.31. The predicted octanol–water partition coefficient (Wildman–Crippen LogP) is 5.56. The van der Waals surface area contributed by atoms with E-state index in [-0.39, 0.29) is 49.3 Å². The molecule has 4 aromatic rings. The standard InChI is InChI=1S/C33H33ClF2N8O2/c1-4-20-12-23(42(3)16-20)18-46-33-40-30-25(31(41-33)43-10-11-44(32(45)19(2)35)22(17-43)8-9-37)15-39-29(28(30)36)24-14-38-13-21-6-5-7-26(34)27(21)24/h5-7,13-15,20,22-23H,2,4,8,10-12,16-18H2,1,3H3/t20-,22+,23+/m1/s1. The van der Waals surface area contributed by atoms with E-state index in [1.54, 1.807) is 18.3 Å². The van der Waals surface area contributed by atoms with Gasteiger partial charge < -0.3 is 14.5 Å². The third kappa shape index (κ3) is 5.92. The number of nitriles is 1. The number of carbonyl (C=O) groups is 1. The summed E-state index contributed by atoms with van der Waals surface area (Å²) in [7, 11) is 2.06. The van der Waals surface area contributed by atoms with Gasteiger partial charge in [-0.25, -0.2) is 8.78 Å². The number of amides is 1. The number of pyridine rings is 2. The Morgan fingerprint density at radius 3 is 2.76 bits per heavy atom. The number of likely N-dealkylation sites (N-methyl/N-ethyl adjacent to an activating group) is 1. The second-order valence-electron chi connectivity index (χ2n) is 11.8. The minimum Gasteiger partial charge on any atom is -0.462 e. The number of aromatic nitrogens is 4. The van der Waals surface area contributed by atoms with Gasteiger partial charge in [0.05, 0.1) is 23.9 Å². The number of benzene rings is 1. The van der Waals surface area contributed by atoms with E-state index >= 15 is 4.39 Å². The largest absolute Gasteiger partial charge is 0.462 e. The maximum Gasteiger partial charge on any atom is 0.319 e. The molecule has 3 atom stereocenters. The van der Waals surface area contributed by atoms with E-state index in [0.717, 1.165) is 24.8 Å². The van der Waals surface area contributed by atoms with Gasteiger partial charge >= 0.3 is 6.01 Å². The summed E-state index contributed by atoms with van der Waals surface area (Å²) in [5.74, 6) is -1.74. The number of halogens is 3. The molecule has 0 saturated carbocycles. The van der Waals surface area contributed by atoms with E-state index in [0.29, 0.717) is 39.7 Å². The molecule has 2 saturated heterocycles. The van der Waals surface area contributed by atoms with Crippen LogP contribution in [0.3, 0.4) is 0 Å². The van der Waals surface area contributed by atoms with Crippen molar-refractivity contribution in [2.45, 2.75) is 38.3 Å². The summed E-state index contributed by atoms with van der Waals surface area (Å²) in [5, 5.41) is 11.6. The summed E-state index contributed by atoms with van der Waals surface area (Å²) < 4.78 is 36.6. The first-order valence-electron chi connectivity index (χ1n) is 15.2. The van der Waals surface area contributed by atoms with Crippen LogP contribution in [0.1, 0.15) is 26.2 Å². The lowest BCUT2D eigenvalue weighted by atomic mass is 10.0. The van der Waals surface area contributed by atoms with Crippen LogP contribution in [0.4, 0.5) is 14.6 Å². The van der Waals surface area contributed by atoms with Crippen molar-refractivity contribution in [2.75, 3.05) is 44.7 Å². The smallest absolute Gasteiger partial charge is 0.319 e. The number of likely N-dealkylation sites (tertiary alicyclic amines) is 1. The van der Waals surface area contributed by atoms with Gasteiger partial charge in [0.2, 0.25) is 0 Å². The molecule has 0 bridgehead atoms.